The number of ether oxygens (including phenoxy) is 2. The Morgan fingerprint density at radius 2 is 1.84 bits per heavy atom. The number of rotatable bonds is 15. The number of halogens is 1. The van der Waals surface area contributed by atoms with E-state index in [0.29, 0.717) is 42.0 Å². The molecule has 3 aliphatic heterocycles. The van der Waals surface area contributed by atoms with E-state index in [0.717, 1.165) is 0 Å². The predicted molar refractivity (Wildman–Crippen MR) is 187 cm³/mol. The third-order valence-corrected chi connectivity index (χ3v) is 10.7. The van der Waals surface area contributed by atoms with Gasteiger partial charge in [0.25, 0.3) is 5.91 Å². The molecule has 11 heteroatoms. The summed E-state index contributed by atoms with van der Waals surface area (Å²) in [5, 5.41) is 10.9. The highest BCUT2D eigenvalue weighted by molar-refractivity contribution is 6.30. The molecule has 3 aliphatic rings. The van der Waals surface area contributed by atoms with Crippen molar-refractivity contribution in [2.45, 2.75) is 81.9 Å². The van der Waals surface area contributed by atoms with Gasteiger partial charge in [0.2, 0.25) is 11.8 Å². The van der Waals surface area contributed by atoms with E-state index in [4.69, 9.17) is 21.1 Å². The maximum atomic E-state index is 14.7. The SMILES string of the molecule is C=CCCC(=O)N(C)[C@H](C)[C@H](OC(=O)[C@@H]1[C@H]2C(=O)N([C@@H](CC)CO)[C@H](C(=O)N(CC=C)c3ccc(Cl)cc3)[C@]23CC[C@H]1O3)c1ccccc1. The first kappa shape index (κ1) is 36.3. The Balaban J connectivity index is 1.51. The van der Waals surface area contributed by atoms with Crippen molar-refractivity contribution in [1.82, 2.24) is 9.80 Å². The van der Waals surface area contributed by atoms with Crippen LogP contribution in [0.5, 0.6) is 0 Å². The van der Waals surface area contributed by atoms with E-state index in [1.54, 1.807) is 48.4 Å². The molecule has 3 fully saturated rings. The molecule has 1 N–H and O–H groups in total. The van der Waals surface area contributed by atoms with Crippen molar-refractivity contribution >= 4 is 41.0 Å². The average molecular weight is 692 g/mol. The Kier molecular flexibility index (Phi) is 11.3. The normalized spacial score (nSPS) is 25.7. The van der Waals surface area contributed by atoms with Crippen LogP contribution >= 0.6 is 11.6 Å². The number of carbonyl (C=O) groups excluding carboxylic acids is 4. The predicted octanol–water partition coefficient (Wildman–Crippen LogP) is 5.10. The fraction of sp³-hybridized carbons (Fsp3) is 0.474. The lowest BCUT2D eigenvalue weighted by molar-refractivity contribution is -0.165. The van der Waals surface area contributed by atoms with Crippen molar-refractivity contribution < 1.29 is 33.8 Å². The number of hydrogen-bond donors (Lipinski definition) is 1. The molecule has 3 heterocycles. The fourth-order valence-corrected chi connectivity index (χ4v) is 7.92. The Bertz CT molecular complexity index is 1550. The van der Waals surface area contributed by atoms with Crippen molar-refractivity contribution in [2.75, 3.05) is 25.1 Å². The minimum absolute atomic E-state index is 0.117. The number of fused-ring (bicyclic) bond motifs is 1. The summed E-state index contributed by atoms with van der Waals surface area (Å²) in [5.41, 5.74) is -0.0386. The molecule has 2 bridgehead atoms. The van der Waals surface area contributed by atoms with Gasteiger partial charge in [0.15, 0.2) is 0 Å². The highest BCUT2D eigenvalue weighted by atomic mass is 35.5. The number of aliphatic hydroxyl groups is 1. The Hall–Kier alpha value is -3.99. The van der Waals surface area contributed by atoms with Crippen molar-refractivity contribution in [2.24, 2.45) is 11.8 Å². The van der Waals surface area contributed by atoms with Crippen molar-refractivity contribution in [1.29, 1.82) is 0 Å². The van der Waals surface area contributed by atoms with E-state index in [2.05, 4.69) is 13.2 Å². The third-order valence-electron chi connectivity index (χ3n) is 10.4. The molecule has 3 saturated heterocycles. The first-order chi connectivity index (χ1) is 23.5. The van der Waals surface area contributed by atoms with Crippen molar-refractivity contribution in [3.63, 3.8) is 0 Å². The van der Waals surface area contributed by atoms with Crippen LogP contribution in [0.2, 0.25) is 5.02 Å². The molecule has 10 nitrogen and oxygen atoms in total. The second-order valence-electron chi connectivity index (χ2n) is 13.1. The molecule has 0 radical (unpaired) electrons. The maximum Gasteiger partial charge on any atom is 0.313 e. The van der Waals surface area contributed by atoms with Gasteiger partial charge in [-0.25, -0.2) is 0 Å². The summed E-state index contributed by atoms with van der Waals surface area (Å²) < 4.78 is 12.9. The van der Waals surface area contributed by atoms with Crippen LogP contribution in [0.25, 0.3) is 0 Å². The molecule has 0 saturated carbocycles. The van der Waals surface area contributed by atoms with Crippen LogP contribution < -0.4 is 4.90 Å². The van der Waals surface area contributed by atoms with Crippen LogP contribution in [0.1, 0.15) is 57.6 Å². The van der Waals surface area contributed by atoms with Crippen molar-refractivity contribution in [3.8, 4) is 0 Å². The van der Waals surface area contributed by atoms with Gasteiger partial charge in [-0.1, -0.05) is 61.0 Å². The lowest BCUT2D eigenvalue weighted by Gasteiger charge is -2.39. The third kappa shape index (κ3) is 6.66. The standard InChI is InChI=1S/C38H46ClN3O7/c1-6-9-15-30(44)40(5)24(4)33(25-13-11-10-12-14-25)48-37(47)31-29-20-21-38(49-29)32(31)35(45)42(27(8-3)23-43)34(38)36(46)41(22-7-2)28-18-16-26(39)17-19-28/h6-7,10-14,16-19,24,27,29,31-34,43H,1-2,8-9,15,20-23H2,3-5H3/t24-,27+,29-,31+,32+,33+,34-,38+/m1/s1. The zero-order chi connectivity index (χ0) is 35.5. The Morgan fingerprint density at radius 3 is 2.45 bits per heavy atom. The number of nitrogens with zero attached hydrogens (tertiary/aromatic N) is 3. The smallest absolute Gasteiger partial charge is 0.313 e. The number of hydrogen-bond acceptors (Lipinski definition) is 7. The van der Waals surface area contributed by atoms with Crippen LogP contribution in [0.15, 0.2) is 79.9 Å². The number of amides is 3. The molecule has 3 amide bonds. The first-order valence-corrected chi connectivity index (χ1v) is 17.3. The second-order valence-corrected chi connectivity index (χ2v) is 13.5. The topological polar surface area (TPSA) is 117 Å². The minimum atomic E-state index is -1.30. The van der Waals surface area contributed by atoms with E-state index in [1.807, 2.05) is 44.2 Å². The molecule has 0 unspecified atom stereocenters. The molecular formula is C38H46ClN3O7. The maximum absolute atomic E-state index is 14.7. The summed E-state index contributed by atoms with van der Waals surface area (Å²) in [5.74, 6) is -3.53. The lowest BCUT2D eigenvalue weighted by Crippen LogP contribution is -2.59. The van der Waals surface area contributed by atoms with Crippen LogP contribution in [-0.2, 0) is 28.7 Å². The van der Waals surface area contributed by atoms with Gasteiger partial charge in [-0.15, -0.1) is 13.2 Å². The monoisotopic (exact) mass is 691 g/mol. The van der Waals surface area contributed by atoms with E-state index in [1.165, 1.54) is 9.80 Å². The molecule has 0 aromatic heterocycles. The van der Waals surface area contributed by atoms with Crippen LogP contribution in [0.3, 0.4) is 0 Å². The highest BCUT2D eigenvalue weighted by Crippen LogP contribution is 2.59. The second kappa shape index (κ2) is 15.3. The Labute approximate surface area is 293 Å². The number of anilines is 1. The van der Waals surface area contributed by atoms with E-state index < -0.39 is 65.6 Å². The first-order valence-electron chi connectivity index (χ1n) is 16.9. The van der Waals surface area contributed by atoms with Gasteiger partial charge < -0.3 is 29.3 Å². The van der Waals surface area contributed by atoms with Gasteiger partial charge in [-0.2, -0.15) is 0 Å². The van der Waals surface area contributed by atoms with E-state index in [-0.39, 0.29) is 25.5 Å². The zero-order valence-corrected chi connectivity index (χ0v) is 29.1. The molecule has 262 valence electrons. The van der Waals surface area contributed by atoms with Crippen molar-refractivity contribution in [3.05, 3.63) is 90.5 Å². The summed E-state index contributed by atoms with van der Waals surface area (Å²) in [6, 6.07) is 13.7. The van der Waals surface area contributed by atoms with Gasteiger partial charge in [-0.05, 0) is 62.4 Å². The van der Waals surface area contributed by atoms with E-state index >= 15 is 0 Å². The molecule has 8 atom stereocenters. The number of likely N-dealkylation sites (N-methyl/N-ethyl adjacent to an activating group) is 1. The van der Waals surface area contributed by atoms with Crippen LogP contribution in [-0.4, -0.2) is 88.6 Å². The van der Waals surface area contributed by atoms with Gasteiger partial charge in [0.05, 0.1) is 36.6 Å². The molecular weight excluding hydrogens is 646 g/mol. The molecule has 2 aromatic carbocycles. The molecule has 49 heavy (non-hydrogen) atoms. The molecule has 1 spiro atoms. The number of allylic oxidation sites excluding steroid dienone is 1. The molecule has 5 rings (SSSR count). The summed E-state index contributed by atoms with van der Waals surface area (Å²) in [4.78, 5) is 61.2. The molecule has 2 aromatic rings. The number of benzene rings is 2. The van der Waals surface area contributed by atoms with Gasteiger partial charge in [0.1, 0.15) is 17.7 Å². The van der Waals surface area contributed by atoms with Gasteiger partial charge in [-0.3, -0.25) is 19.2 Å². The summed E-state index contributed by atoms with van der Waals surface area (Å²) in [6.45, 7) is 11.0. The average Bonchev–Trinajstić information content (AvgIpc) is 3.76. The summed E-state index contributed by atoms with van der Waals surface area (Å²) in [7, 11) is 1.68. The highest BCUT2D eigenvalue weighted by Gasteiger charge is 2.75. The van der Waals surface area contributed by atoms with E-state index in [9.17, 15) is 24.3 Å². The summed E-state index contributed by atoms with van der Waals surface area (Å²) >= 11 is 6.15. The van der Waals surface area contributed by atoms with Crippen LogP contribution in [0.4, 0.5) is 5.69 Å². The largest absolute Gasteiger partial charge is 0.455 e. The Morgan fingerprint density at radius 1 is 1.14 bits per heavy atom. The summed E-state index contributed by atoms with van der Waals surface area (Å²) in [6.07, 6.45) is 3.81. The number of likely N-dealkylation sites (tertiary alicyclic amines) is 1. The minimum Gasteiger partial charge on any atom is -0.455 e. The molecule has 0 aliphatic carbocycles. The number of esters is 1. The number of carbonyl (C=O) groups is 4. The van der Waals surface area contributed by atoms with Gasteiger partial charge >= 0.3 is 5.97 Å². The lowest BCUT2D eigenvalue weighted by atomic mass is 9.70. The zero-order valence-electron chi connectivity index (χ0n) is 28.4. The fourth-order valence-electron chi connectivity index (χ4n) is 7.79. The number of aliphatic hydroxyl groups excluding tert-OH is 1. The van der Waals surface area contributed by atoms with Gasteiger partial charge in [0, 0.05) is 30.7 Å². The quantitative estimate of drug-likeness (QED) is 0.204. The van der Waals surface area contributed by atoms with Crippen LogP contribution in [0, 0.1) is 11.8 Å².